The second kappa shape index (κ2) is 9.48. The van der Waals surface area contributed by atoms with E-state index in [2.05, 4.69) is 5.32 Å². The summed E-state index contributed by atoms with van der Waals surface area (Å²) in [6.07, 6.45) is 0.999. The lowest BCUT2D eigenvalue weighted by atomic mass is 10.2. The van der Waals surface area contributed by atoms with Crippen LogP contribution in [0, 0.1) is 10.1 Å². The maximum atomic E-state index is 12.8. The van der Waals surface area contributed by atoms with Crippen molar-refractivity contribution in [3.05, 3.63) is 89.0 Å². The maximum Gasteiger partial charge on any atom is 0.271 e. The van der Waals surface area contributed by atoms with E-state index in [1.807, 2.05) is 18.2 Å². The van der Waals surface area contributed by atoms with Crippen LogP contribution in [0.3, 0.4) is 0 Å². The molecule has 0 aromatic heterocycles. The van der Waals surface area contributed by atoms with Gasteiger partial charge in [-0.05, 0) is 49.4 Å². The van der Waals surface area contributed by atoms with Gasteiger partial charge in [-0.3, -0.25) is 19.2 Å². The van der Waals surface area contributed by atoms with Gasteiger partial charge in [0.2, 0.25) is 15.9 Å². The number of nitro groups is 1. The number of amides is 1. The molecular formula is C22H21N3O6S. The van der Waals surface area contributed by atoms with E-state index in [1.165, 1.54) is 43.3 Å². The van der Waals surface area contributed by atoms with Gasteiger partial charge in [-0.1, -0.05) is 24.3 Å². The van der Waals surface area contributed by atoms with Crippen LogP contribution in [0.1, 0.15) is 6.92 Å². The molecule has 0 aliphatic rings. The van der Waals surface area contributed by atoms with Crippen molar-refractivity contribution in [2.45, 2.75) is 13.0 Å². The molecule has 0 radical (unpaired) electrons. The van der Waals surface area contributed by atoms with Crippen LogP contribution in [-0.4, -0.2) is 31.5 Å². The summed E-state index contributed by atoms with van der Waals surface area (Å²) in [7, 11) is -3.82. The van der Waals surface area contributed by atoms with Crippen molar-refractivity contribution < 1.29 is 22.9 Å². The lowest BCUT2D eigenvalue weighted by molar-refractivity contribution is -0.384. The summed E-state index contributed by atoms with van der Waals surface area (Å²) in [5.74, 6) is 0.493. The Morgan fingerprint density at radius 1 is 1.00 bits per heavy atom. The fourth-order valence-electron chi connectivity index (χ4n) is 3.04. The zero-order valence-corrected chi connectivity index (χ0v) is 18.2. The maximum absolute atomic E-state index is 12.8. The topological polar surface area (TPSA) is 119 Å². The van der Waals surface area contributed by atoms with Gasteiger partial charge in [0.25, 0.3) is 5.69 Å². The molecule has 0 bridgehead atoms. The first kappa shape index (κ1) is 22.8. The molecule has 3 aromatic rings. The number of hydrogen-bond donors (Lipinski definition) is 1. The van der Waals surface area contributed by atoms with Crippen LogP contribution in [-0.2, 0) is 14.8 Å². The lowest BCUT2D eigenvalue weighted by Crippen LogP contribution is -2.45. The Morgan fingerprint density at radius 2 is 1.62 bits per heavy atom. The number of ether oxygens (including phenoxy) is 1. The molecule has 0 fully saturated rings. The molecule has 1 N–H and O–H groups in total. The molecule has 166 valence electrons. The molecule has 9 nitrogen and oxygen atoms in total. The number of nitrogens with one attached hydrogen (secondary N) is 1. The van der Waals surface area contributed by atoms with Crippen molar-refractivity contribution in [1.29, 1.82) is 0 Å². The number of sulfonamides is 1. The van der Waals surface area contributed by atoms with Gasteiger partial charge < -0.3 is 10.1 Å². The molecule has 32 heavy (non-hydrogen) atoms. The third-order valence-electron chi connectivity index (χ3n) is 4.48. The van der Waals surface area contributed by atoms with Crippen LogP contribution in [0.4, 0.5) is 17.1 Å². The van der Waals surface area contributed by atoms with Gasteiger partial charge in [-0.25, -0.2) is 8.42 Å². The van der Waals surface area contributed by atoms with E-state index in [4.69, 9.17) is 4.74 Å². The van der Waals surface area contributed by atoms with Gasteiger partial charge in [-0.15, -0.1) is 0 Å². The predicted octanol–water partition coefficient (Wildman–Crippen LogP) is 4.18. The quantitative estimate of drug-likeness (QED) is 0.402. The molecular weight excluding hydrogens is 434 g/mol. The van der Waals surface area contributed by atoms with Crippen LogP contribution in [0.5, 0.6) is 11.5 Å². The number of para-hydroxylation sites is 1. The van der Waals surface area contributed by atoms with Crippen molar-refractivity contribution in [2.75, 3.05) is 15.9 Å². The minimum Gasteiger partial charge on any atom is -0.457 e. The highest BCUT2D eigenvalue weighted by molar-refractivity contribution is 7.92. The van der Waals surface area contributed by atoms with E-state index in [0.29, 0.717) is 11.5 Å². The Hall–Kier alpha value is -3.92. The van der Waals surface area contributed by atoms with E-state index in [1.54, 1.807) is 24.3 Å². The summed E-state index contributed by atoms with van der Waals surface area (Å²) < 4.78 is 31.6. The minimum absolute atomic E-state index is 0.190. The molecule has 10 heteroatoms. The minimum atomic E-state index is -3.82. The first-order valence-electron chi connectivity index (χ1n) is 9.53. The molecule has 3 rings (SSSR count). The van der Waals surface area contributed by atoms with Gasteiger partial charge in [0.1, 0.15) is 17.5 Å². The number of anilines is 2. The van der Waals surface area contributed by atoms with E-state index in [-0.39, 0.29) is 17.1 Å². The Labute approximate surface area is 185 Å². The molecule has 0 saturated heterocycles. The van der Waals surface area contributed by atoms with E-state index in [0.717, 1.165) is 10.6 Å². The van der Waals surface area contributed by atoms with Crippen molar-refractivity contribution >= 4 is 33.0 Å². The molecule has 0 heterocycles. The Bertz CT molecular complexity index is 1210. The monoisotopic (exact) mass is 455 g/mol. The van der Waals surface area contributed by atoms with Gasteiger partial charge in [0.05, 0.1) is 16.9 Å². The summed E-state index contributed by atoms with van der Waals surface area (Å²) in [6.45, 7) is 1.43. The number of hydrogen-bond acceptors (Lipinski definition) is 6. The smallest absolute Gasteiger partial charge is 0.271 e. The van der Waals surface area contributed by atoms with Crippen LogP contribution >= 0.6 is 0 Å². The number of nitrogens with zero attached hydrogens (tertiary/aromatic N) is 2. The lowest BCUT2D eigenvalue weighted by Gasteiger charge is -2.28. The summed E-state index contributed by atoms with van der Waals surface area (Å²) >= 11 is 0. The molecule has 3 aromatic carbocycles. The molecule has 0 aliphatic heterocycles. The predicted molar refractivity (Wildman–Crippen MR) is 121 cm³/mol. The zero-order valence-electron chi connectivity index (χ0n) is 17.3. The second-order valence-corrected chi connectivity index (χ2v) is 8.80. The van der Waals surface area contributed by atoms with Gasteiger partial charge in [0, 0.05) is 17.8 Å². The first-order chi connectivity index (χ1) is 15.1. The number of benzene rings is 3. The van der Waals surface area contributed by atoms with Gasteiger partial charge in [-0.2, -0.15) is 0 Å². The number of non-ortho nitro benzene ring substituents is 1. The standard InChI is InChI=1S/C22H21N3O6S/c1-16(22(26)23-17-7-6-8-19(15-17)25(27)28)24(32(2,29)30)18-11-13-21(14-12-18)31-20-9-4-3-5-10-20/h3-16H,1-2H3,(H,23,26). The van der Waals surface area contributed by atoms with Crippen LogP contribution in [0.2, 0.25) is 0 Å². The van der Waals surface area contributed by atoms with E-state index < -0.39 is 26.9 Å². The molecule has 0 aliphatic carbocycles. The Kier molecular flexibility index (Phi) is 6.74. The molecule has 0 saturated carbocycles. The van der Waals surface area contributed by atoms with E-state index in [9.17, 15) is 23.3 Å². The average Bonchev–Trinajstić information content (AvgIpc) is 2.75. The van der Waals surface area contributed by atoms with Crippen LogP contribution in [0.15, 0.2) is 78.9 Å². The first-order valence-corrected chi connectivity index (χ1v) is 11.4. The molecule has 1 unspecified atom stereocenters. The Morgan fingerprint density at radius 3 is 2.22 bits per heavy atom. The molecule has 0 spiro atoms. The summed E-state index contributed by atoms with van der Waals surface area (Å²) in [4.78, 5) is 23.1. The second-order valence-electron chi connectivity index (χ2n) is 6.94. The fraction of sp³-hybridized carbons (Fsp3) is 0.136. The number of carbonyl (C=O) groups excluding carboxylic acids is 1. The number of nitro benzene ring substituents is 1. The third-order valence-corrected chi connectivity index (χ3v) is 5.72. The van der Waals surface area contributed by atoms with Gasteiger partial charge in [0.15, 0.2) is 0 Å². The third kappa shape index (κ3) is 5.61. The van der Waals surface area contributed by atoms with E-state index >= 15 is 0 Å². The van der Waals surface area contributed by atoms with Crippen molar-refractivity contribution in [3.63, 3.8) is 0 Å². The molecule has 1 atom stereocenters. The Balaban J connectivity index is 1.80. The molecule has 1 amide bonds. The largest absolute Gasteiger partial charge is 0.457 e. The normalized spacial score (nSPS) is 11.9. The van der Waals surface area contributed by atoms with Crippen LogP contribution in [0.25, 0.3) is 0 Å². The summed E-state index contributed by atoms with van der Waals surface area (Å²) in [6, 6.07) is 19.7. The van der Waals surface area contributed by atoms with Crippen molar-refractivity contribution in [1.82, 2.24) is 0 Å². The van der Waals surface area contributed by atoms with Crippen molar-refractivity contribution in [2.24, 2.45) is 0 Å². The van der Waals surface area contributed by atoms with Crippen LogP contribution < -0.4 is 14.4 Å². The highest BCUT2D eigenvalue weighted by Crippen LogP contribution is 2.27. The highest BCUT2D eigenvalue weighted by atomic mass is 32.2. The summed E-state index contributed by atoms with van der Waals surface area (Å²) in [5, 5.41) is 13.5. The highest BCUT2D eigenvalue weighted by Gasteiger charge is 2.29. The SMILES string of the molecule is CC(C(=O)Nc1cccc([N+](=O)[O-])c1)N(c1ccc(Oc2ccccc2)cc1)S(C)(=O)=O. The number of carbonyl (C=O) groups is 1. The summed E-state index contributed by atoms with van der Waals surface area (Å²) in [5.41, 5.74) is 0.273. The van der Waals surface area contributed by atoms with Gasteiger partial charge >= 0.3 is 0 Å². The average molecular weight is 455 g/mol. The zero-order chi connectivity index (χ0) is 23.3. The fourth-order valence-corrected chi connectivity index (χ4v) is 4.21. The number of rotatable bonds is 8. The van der Waals surface area contributed by atoms with Crippen molar-refractivity contribution in [3.8, 4) is 11.5 Å².